The number of benzene rings is 3. The Morgan fingerprint density at radius 1 is 0.971 bits per heavy atom. The number of esters is 1. The Labute approximate surface area is 194 Å². The first-order chi connectivity index (χ1) is 16.3. The van der Waals surface area contributed by atoms with Crippen molar-refractivity contribution < 1.29 is 28.9 Å². The van der Waals surface area contributed by atoms with E-state index in [1.54, 1.807) is 18.2 Å². The van der Waals surface area contributed by atoms with E-state index in [1.807, 2.05) is 50.2 Å². The summed E-state index contributed by atoms with van der Waals surface area (Å²) in [6, 6.07) is 17.6. The molecule has 1 aromatic heterocycles. The first-order valence-corrected chi connectivity index (χ1v) is 10.9. The molecule has 1 atom stereocenters. The van der Waals surface area contributed by atoms with Crippen molar-refractivity contribution in [1.29, 1.82) is 0 Å². The molecule has 0 saturated carbocycles. The van der Waals surface area contributed by atoms with E-state index >= 15 is 0 Å². The highest BCUT2D eigenvalue weighted by molar-refractivity contribution is 5.96. The van der Waals surface area contributed by atoms with Gasteiger partial charge in [0.05, 0.1) is 18.1 Å². The van der Waals surface area contributed by atoms with Crippen LogP contribution in [-0.2, 0) is 4.79 Å². The molecule has 3 aromatic carbocycles. The van der Waals surface area contributed by atoms with E-state index in [1.165, 1.54) is 6.07 Å². The van der Waals surface area contributed by atoms with Crippen molar-refractivity contribution in [3.8, 4) is 34.3 Å². The first kappa shape index (κ1) is 21.6. The van der Waals surface area contributed by atoms with Gasteiger partial charge in [-0.25, -0.2) is 0 Å². The molecule has 0 fully saturated rings. The molecule has 0 radical (unpaired) electrons. The van der Waals surface area contributed by atoms with Gasteiger partial charge in [0.15, 0.2) is 16.9 Å². The number of hydrogen-bond acceptors (Lipinski definition) is 7. The van der Waals surface area contributed by atoms with Gasteiger partial charge in [-0.05, 0) is 19.9 Å². The highest BCUT2D eigenvalue weighted by atomic mass is 16.5. The second-order valence-corrected chi connectivity index (χ2v) is 8.42. The van der Waals surface area contributed by atoms with Crippen LogP contribution in [0.5, 0.6) is 23.0 Å². The summed E-state index contributed by atoms with van der Waals surface area (Å²) in [5.74, 6) is -1.98. The number of fused-ring (bicyclic) bond motifs is 3. The highest BCUT2D eigenvalue weighted by Gasteiger charge is 2.37. The Balaban J connectivity index is 1.85. The molecule has 7 nitrogen and oxygen atoms in total. The number of carbonyl (C=O) groups excluding carboxylic acids is 1. The molecule has 0 aliphatic carbocycles. The Morgan fingerprint density at radius 3 is 2.41 bits per heavy atom. The third kappa shape index (κ3) is 3.55. The monoisotopic (exact) mass is 458 g/mol. The van der Waals surface area contributed by atoms with Gasteiger partial charge >= 0.3 is 5.97 Å². The molecular formula is C27H22O7. The average molecular weight is 458 g/mol. The van der Waals surface area contributed by atoms with Gasteiger partial charge < -0.3 is 24.1 Å². The molecule has 0 bridgehead atoms. The summed E-state index contributed by atoms with van der Waals surface area (Å²) in [7, 11) is 0. The van der Waals surface area contributed by atoms with Gasteiger partial charge in [0, 0.05) is 23.1 Å². The van der Waals surface area contributed by atoms with E-state index in [2.05, 4.69) is 0 Å². The minimum absolute atomic E-state index is 0.0495. The predicted molar refractivity (Wildman–Crippen MR) is 126 cm³/mol. The van der Waals surface area contributed by atoms with Crippen molar-refractivity contribution >= 4 is 16.9 Å². The Bertz CT molecular complexity index is 1470. The van der Waals surface area contributed by atoms with Crippen LogP contribution in [-0.4, -0.2) is 22.3 Å². The lowest BCUT2D eigenvalue weighted by molar-refractivity contribution is -0.135. The van der Waals surface area contributed by atoms with Gasteiger partial charge in [-0.1, -0.05) is 48.5 Å². The van der Waals surface area contributed by atoms with Crippen LogP contribution >= 0.6 is 0 Å². The summed E-state index contributed by atoms with van der Waals surface area (Å²) in [5.41, 5.74) is 1.16. The zero-order chi connectivity index (χ0) is 24.0. The molecule has 0 spiro atoms. The second-order valence-electron chi connectivity index (χ2n) is 8.42. The van der Waals surface area contributed by atoms with Crippen LogP contribution in [0.1, 0.15) is 37.3 Å². The summed E-state index contributed by atoms with van der Waals surface area (Å²) in [6.45, 7) is 3.79. The minimum atomic E-state index is -0.692. The van der Waals surface area contributed by atoms with Crippen LogP contribution in [0.3, 0.4) is 0 Å². The lowest BCUT2D eigenvalue weighted by atomic mass is 9.84. The SMILES string of the molecule is CC(C)Oc1ccccc1C1CC(=O)Oc2c(O)c(O)c3c(=O)cc(-c4ccccc4)oc3c21. The van der Waals surface area contributed by atoms with Crippen molar-refractivity contribution in [2.24, 2.45) is 0 Å². The van der Waals surface area contributed by atoms with Gasteiger partial charge in [-0.2, -0.15) is 0 Å². The molecule has 0 saturated heterocycles. The number of hydrogen-bond donors (Lipinski definition) is 2. The summed E-state index contributed by atoms with van der Waals surface area (Å²) >= 11 is 0. The van der Waals surface area contributed by atoms with Crippen molar-refractivity contribution in [2.45, 2.75) is 32.3 Å². The zero-order valence-corrected chi connectivity index (χ0v) is 18.6. The topological polar surface area (TPSA) is 106 Å². The largest absolute Gasteiger partial charge is 0.504 e. The van der Waals surface area contributed by atoms with Crippen LogP contribution in [0.2, 0.25) is 0 Å². The van der Waals surface area contributed by atoms with Crippen molar-refractivity contribution in [1.82, 2.24) is 0 Å². The predicted octanol–water partition coefficient (Wildman–Crippen LogP) is 5.10. The number of para-hydroxylation sites is 1. The molecule has 4 aromatic rings. The zero-order valence-electron chi connectivity index (χ0n) is 18.6. The van der Waals surface area contributed by atoms with Crippen molar-refractivity contribution in [3.63, 3.8) is 0 Å². The van der Waals surface area contributed by atoms with Gasteiger partial charge in [-0.15, -0.1) is 0 Å². The third-order valence-corrected chi connectivity index (χ3v) is 5.76. The molecule has 5 rings (SSSR count). The number of aromatic hydroxyl groups is 2. The smallest absolute Gasteiger partial charge is 0.312 e. The van der Waals surface area contributed by atoms with Gasteiger partial charge in [0.2, 0.25) is 5.75 Å². The van der Waals surface area contributed by atoms with E-state index < -0.39 is 28.8 Å². The minimum Gasteiger partial charge on any atom is -0.504 e. The summed E-state index contributed by atoms with van der Waals surface area (Å²) in [4.78, 5) is 25.6. The van der Waals surface area contributed by atoms with Crippen LogP contribution in [0.4, 0.5) is 0 Å². The second kappa shape index (κ2) is 8.26. The van der Waals surface area contributed by atoms with Crippen LogP contribution in [0.15, 0.2) is 69.9 Å². The van der Waals surface area contributed by atoms with Crippen molar-refractivity contribution in [2.75, 3.05) is 0 Å². The number of carbonyl (C=O) groups is 1. The quantitative estimate of drug-likeness (QED) is 0.249. The Kier molecular flexibility index (Phi) is 5.24. The first-order valence-electron chi connectivity index (χ1n) is 10.9. The molecule has 34 heavy (non-hydrogen) atoms. The maximum absolute atomic E-state index is 13.1. The van der Waals surface area contributed by atoms with Gasteiger partial charge in [-0.3, -0.25) is 9.59 Å². The van der Waals surface area contributed by atoms with Gasteiger partial charge in [0.1, 0.15) is 22.5 Å². The maximum atomic E-state index is 13.1. The molecule has 2 N–H and O–H groups in total. The number of phenolic OH excluding ortho intramolecular Hbond substituents is 2. The van der Waals surface area contributed by atoms with E-state index in [-0.39, 0.29) is 35.0 Å². The van der Waals surface area contributed by atoms with Crippen molar-refractivity contribution in [3.05, 3.63) is 82.0 Å². The summed E-state index contributed by atoms with van der Waals surface area (Å²) in [6.07, 6.45) is -0.187. The van der Waals surface area contributed by atoms with Crippen LogP contribution < -0.4 is 14.9 Å². The molecule has 0 amide bonds. The van der Waals surface area contributed by atoms with E-state index in [0.29, 0.717) is 22.4 Å². The number of phenols is 2. The maximum Gasteiger partial charge on any atom is 0.312 e. The van der Waals surface area contributed by atoms with Crippen LogP contribution in [0, 0.1) is 0 Å². The molecule has 172 valence electrons. The van der Waals surface area contributed by atoms with E-state index in [0.717, 1.165) is 0 Å². The lowest BCUT2D eigenvalue weighted by Gasteiger charge is -2.28. The Hall–Kier alpha value is -4.26. The van der Waals surface area contributed by atoms with E-state index in [4.69, 9.17) is 13.9 Å². The number of ether oxygens (including phenoxy) is 2. The fourth-order valence-electron chi connectivity index (χ4n) is 4.35. The normalized spacial score (nSPS) is 15.3. The van der Waals surface area contributed by atoms with Crippen LogP contribution in [0.25, 0.3) is 22.3 Å². The fraction of sp³-hybridized carbons (Fsp3) is 0.185. The fourth-order valence-corrected chi connectivity index (χ4v) is 4.35. The molecule has 1 aliphatic heterocycles. The molecule has 2 heterocycles. The molecule has 7 heteroatoms. The lowest BCUT2D eigenvalue weighted by Crippen LogP contribution is -2.23. The average Bonchev–Trinajstić information content (AvgIpc) is 2.82. The molecular weight excluding hydrogens is 436 g/mol. The summed E-state index contributed by atoms with van der Waals surface area (Å²) in [5, 5.41) is 21.2. The molecule has 1 aliphatic rings. The highest BCUT2D eigenvalue weighted by Crippen LogP contribution is 2.53. The van der Waals surface area contributed by atoms with E-state index in [9.17, 15) is 19.8 Å². The number of rotatable bonds is 4. The molecule has 1 unspecified atom stereocenters. The third-order valence-electron chi connectivity index (χ3n) is 5.76. The van der Waals surface area contributed by atoms with Gasteiger partial charge in [0.25, 0.3) is 0 Å². The summed E-state index contributed by atoms with van der Waals surface area (Å²) < 4.78 is 17.5. The Morgan fingerprint density at radius 2 is 1.68 bits per heavy atom. The standard InChI is InChI=1S/C27H22O7/c1-14(2)32-19-11-7-6-10-16(19)17-12-21(29)34-27-22(17)26-23(24(30)25(27)31)18(28)13-20(33-26)15-8-4-3-5-9-15/h3-11,13-14,17,30-31H,12H2,1-2H3.